The normalized spacial score (nSPS) is 11.5. The molecular formula is C77H146N2O3. The topological polar surface area (TPSA) is 67.4 Å². The lowest BCUT2D eigenvalue weighted by molar-refractivity contribution is 0.0937. The molecule has 0 aromatic heterocycles. The Bertz CT molecular complexity index is 1430. The molecule has 1 aromatic carbocycles. The van der Waals surface area contributed by atoms with Crippen molar-refractivity contribution in [3.8, 4) is 5.75 Å². The first kappa shape index (κ1) is 78.0. The summed E-state index contributed by atoms with van der Waals surface area (Å²) in [6, 6.07) is 5.43. The number of benzene rings is 1. The fourth-order valence-electron chi connectivity index (χ4n) is 12.4. The minimum absolute atomic E-state index is 0.0725. The summed E-state index contributed by atoms with van der Waals surface area (Å²) < 4.78 is 6.32. The van der Waals surface area contributed by atoms with Gasteiger partial charge in [0.15, 0.2) is 0 Å². The van der Waals surface area contributed by atoms with Gasteiger partial charge in [0.1, 0.15) is 5.75 Å². The van der Waals surface area contributed by atoms with Gasteiger partial charge < -0.3 is 15.4 Å². The van der Waals surface area contributed by atoms with E-state index in [4.69, 9.17) is 4.74 Å². The fraction of sp³-hybridized carbons (Fsp3) is 0.896. The summed E-state index contributed by atoms with van der Waals surface area (Å²) >= 11 is 0. The number of ether oxygens (including phenoxy) is 1. The second-order valence-corrected chi connectivity index (χ2v) is 26.3. The molecule has 0 bridgehead atoms. The van der Waals surface area contributed by atoms with Gasteiger partial charge in [-0.05, 0) is 37.5 Å². The van der Waals surface area contributed by atoms with Crippen LogP contribution in [0.4, 0.5) is 0 Å². The predicted molar refractivity (Wildman–Crippen MR) is 364 cm³/mol. The molecule has 482 valence electrons. The zero-order valence-electron chi connectivity index (χ0n) is 56.1. The van der Waals surface area contributed by atoms with E-state index in [-0.39, 0.29) is 11.8 Å². The smallest absolute Gasteiger partial charge is 0.255 e. The molecule has 0 spiro atoms. The Hall–Kier alpha value is -2.04. The van der Waals surface area contributed by atoms with Crippen LogP contribution in [0.2, 0.25) is 0 Å². The van der Waals surface area contributed by atoms with Crippen molar-refractivity contribution in [2.24, 2.45) is 0 Å². The predicted octanol–water partition coefficient (Wildman–Crippen LogP) is 26.2. The number of carbonyl (C=O) groups excluding carboxylic acids is 2. The summed E-state index contributed by atoms with van der Waals surface area (Å²) in [5.41, 5.74) is 1.13. The number of nitrogens with one attached hydrogen (secondary N) is 2. The maximum absolute atomic E-state index is 13.5. The highest BCUT2D eigenvalue weighted by atomic mass is 16.5. The van der Waals surface area contributed by atoms with Gasteiger partial charge in [0.25, 0.3) is 11.8 Å². The monoisotopic (exact) mass is 1150 g/mol. The number of hydrogen-bond donors (Lipinski definition) is 2. The van der Waals surface area contributed by atoms with Crippen molar-refractivity contribution in [2.75, 3.05) is 19.7 Å². The molecule has 0 aliphatic heterocycles. The van der Waals surface area contributed by atoms with Crippen LogP contribution in [0.3, 0.4) is 0 Å². The summed E-state index contributed by atoms with van der Waals surface area (Å²) in [5.74, 6) is 0.380. The largest absolute Gasteiger partial charge is 0.493 e. The second-order valence-electron chi connectivity index (χ2n) is 26.3. The minimum Gasteiger partial charge on any atom is -0.493 e. The Morgan fingerprint density at radius 3 is 0.720 bits per heavy atom. The summed E-state index contributed by atoms with van der Waals surface area (Å²) in [6.45, 7) is 8.83. The van der Waals surface area contributed by atoms with E-state index in [0.717, 1.165) is 38.5 Å². The fourth-order valence-corrected chi connectivity index (χ4v) is 12.4. The summed E-state index contributed by atoms with van der Waals surface area (Å²) in [4.78, 5) is 26.8. The van der Waals surface area contributed by atoms with Crippen LogP contribution >= 0.6 is 0 Å². The molecule has 0 atom stereocenters. The molecule has 5 nitrogen and oxygen atoms in total. The number of amides is 2. The van der Waals surface area contributed by atoms with Crippen molar-refractivity contribution in [2.45, 2.75) is 425 Å². The number of hydrogen-bond acceptors (Lipinski definition) is 3. The second kappa shape index (κ2) is 66.5. The SMILES string of the molecule is CCCCCCCCCCCCCCCCCCCCCCCCCCCCNC(=O)c1ccc(C(=O)NCCCCCCCCCCCCCCCCCCCCCCCCCCCC)c(OCCCCCCCCCCCCC)c1. The summed E-state index contributed by atoms with van der Waals surface area (Å²) in [6.07, 6.45) is 86.6. The van der Waals surface area contributed by atoms with Crippen molar-refractivity contribution in [1.29, 1.82) is 0 Å². The Labute approximate surface area is 514 Å². The van der Waals surface area contributed by atoms with Crippen LogP contribution in [-0.2, 0) is 0 Å². The van der Waals surface area contributed by atoms with Gasteiger partial charge in [-0.2, -0.15) is 0 Å². The maximum Gasteiger partial charge on any atom is 0.255 e. The first-order valence-electron chi connectivity index (χ1n) is 38.0. The number of carbonyl (C=O) groups is 2. The first-order chi connectivity index (χ1) is 40.6. The zero-order chi connectivity index (χ0) is 58.8. The van der Waals surface area contributed by atoms with Crippen LogP contribution in [0.15, 0.2) is 18.2 Å². The molecule has 0 heterocycles. The number of rotatable bonds is 69. The third-order valence-electron chi connectivity index (χ3n) is 18.1. The summed E-state index contributed by atoms with van der Waals surface area (Å²) in [7, 11) is 0. The van der Waals surface area contributed by atoms with Gasteiger partial charge in [-0.15, -0.1) is 0 Å². The highest BCUT2D eigenvalue weighted by Crippen LogP contribution is 2.24. The standard InChI is InChI=1S/C77H146N2O3/c1-4-7-10-13-16-19-22-24-26-28-30-32-34-36-38-40-42-44-46-48-50-52-55-58-61-64-69-78-76(80)73-67-68-74(75(72-73)82-71-66-63-60-57-54-21-18-15-12-9-6-3)77(81)79-70-65-62-59-56-53-51-49-47-45-43-41-39-37-35-33-31-29-27-25-23-20-17-14-11-8-5-2/h67-68,72H,4-66,69-71H2,1-3H3,(H,78,80)(H,79,81). The van der Waals surface area contributed by atoms with Gasteiger partial charge in [0.2, 0.25) is 0 Å². The van der Waals surface area contributed by atoms with E-state index in [9.17, 15) is 9.59 Å². The Morgan fingerprint density at radius 2 is 0.476 bits per heavy atom. The molecule has 0 aliphatic carbocycles. The molecule has 0 fully saturated rings. The van der Waals surface area contributed by atoms with Crippen molar-refractivity contribution in [3.05, 3.63) is 29.3 Å². The van der Waals surface area contributed by atoms with Gasteiger partial charge >= 0.3 is 0 Å². The van der Waals surface area contributed by atoms with Gasteiger partial charge in [0, 0.05) is 18.7 Å². The van der Waals surface area contributed by atoms with Gasteiger partial charge in [0.05, 0.1) is 12.2 Å². The average molecular weight is 1150 g/mol. The Morgan fingerprint density at radius 1 is 0.268 bits per heavy atom. The van der Waals surface area contributed by atoms with Gasteiger partial charge in [-0.3, -0.25) is 9.59 Å². The van der Waals surface area contributed by atoms with E-state index in [1.54, 1.807) is 0 Å². The lowest BCUT2D eigenvalue weighted by Crippen LogP contribution is -2.26. The van der Waals surface area contributed by atoms with Gasteiger partial charge in [-0.1, -0.05) is 406 Å². The van der Waals surface area contributed by atoms with E-state index >= 15 is 0 Å². The van der Waals surface area contributed by atoms with Crippen molar-refractivity contribution in [3.63, 3.8) is 0 Å². The Balaban J connectivity index is 2.19. The van der Waals surface area contributed by atoms with Crippen LogP contribution in [-0.4, -0.2) is 31.5 Å². The molecule has 0 saturated heterocycles. The average Bonchev–Trinajstić information content (AvgIpc) is 3.65. The van der Waals surface area contributed by atoms with E-state index in [2.05, 4.69) is 31.4 Å². The molecule has 2 amide bonds. The lowest BCUT2D eigenvalue weighted by Gasteiger charge is -2.14. The van der Waals surface area contributed by atoms with Crippen molar-refractivity contribution < 1.29 is 14.3 Å². The van der Waals surface area contributed by atoms with Crippen LogP contribution < -0.4 is 15.4 Å². The van der Waals surface area contributed by atoms with Gasteiger partial charge in [-0.25, -0.2) is 0 Å². The molecular weight excluding hydrogens is 1000 g/mol. The van der Waals surface area contributed by atoms with Crippen molar-refractivity contribution >= 4 is 11.8 Å². The molecule has 1 aromatic rings. The van der Waals surface area contributed by atoms with Crippen LogP contribution in [0.25, 0.3) is 0 Å². The highest BCUT2D eigenvalue weighted by molar-refractivity contribution is 6.00. The molecule has 82 heavy (non-hydrogen) atoms. The first-order valence-corrected chi connectivity index (χ1v) is 38.0. The quantitative estimate of drug-likeness (QED) is 0.0639. The minimum atomic E-state index is -0.0916. The molecule has 0 unspecified atom stereocenters. The third-order valence-corrected chi connectivity index (χ3v) is 18.1. The molecule has 2 N–H and O–H groups in total. The van der Waals surface area contributed by atoms with E-state index < -0.39 is 0 Å². The molecule has 0 aliphatic rings. The highest BCUT2D eigenvalue weighted by Gasteiger charge is 2.16. The molecule has 0 saturated carbocycles. The molecule has 0 radical (unpaired) electrons. The van der Waals surface area contributed by atoms with Crippen molar-refractivity contribution in [1.82, 2.24) is 10.6 Å². The maximum atomic E-state index is 13.5. The van der Waals surface area contributed by atoms with Crippen LogP contribution in [0.1, 0.15) is 446 Å². The summed E-state index contributed by atoms with van der Waals surface area (Å²) in [5, 5.41) is 6.34. The van der Waals surface area contributed by atoms with E-state index in [1.807, 2.05) is 18.2 Å². The van der Waals surface area contributed by atoms with Crippen LogP contribution in [0.5, 0.6) is 5.75 Å². The number of unbranched alkanes of at least 4 members (excludes halogenated alkanes) is 60. The van der Waals surface area contributed by atoms with E-state index in [0.29, 0.717) is 36.6 Å². The lowest BCUT2D eigenvalue weighted by atomic mass is 10.0. The molecule has 5 heteroatoms. The van der Waals surface area contributed by atoms with E-state index in [1.165, 1.54) is 366 Å². The zero-order valence-corrected chi connectivity index (χ0v) is 56.1. The van der Waals surface area contributed by atoms with Crippen LogP contribution in [0, 0.1) is 0 Å². The Kier molecular flexibility index (Phi) is 63.2. The third kappa shape index (κ3) is 55.8. The molecule has 1 rings (SSSR count).